The molecule has 190 valence electrons. The third-order valence-corrected chi connectivity index (χ3v) is 7.49. The minimum atomic E-state index is -3.86. The zero-order valence-corrected chi connectivity index (χ0v) is 20.7. The fourth-order valence-corrected chi connectivity index (χ4v) is 5.39. The number of β-amino-alcohol motifs (C(OH)–C–C–N with tert-alkyl or cyclic N) is 1. The summed E-state index contributed by atoms with van der Waals surface area (Å²) in [4.78, 5) is 29.5. The zero-order chi connectivity index (χ0) is 25.4. The molecule has 1 aromatic carbocycles. The Morgan fingerprint density at radius 1 is 1.14 bits per heavy atom. The number of benzene rings is 1. The molecule has 0 saturated carbocycles. The number of amides is 3. The van der Waals surface area contributed by atoms with Crippen LogP contribution in [0.3, 0.4) is 0 Å². The average Bonchev–Trinajstić information content (AvgIpc) is 3.01. The minimum Gasteiger partial charge on any atom is -0.390 e. The molecule has 0 aliphatic carbocycles. The number of aliphatic hydroxyl groups excluding tert-OH is 1. The standard InChI is InChI=1S/C24H33N5O5S/c1-17(2)15-20(28-24(32)26-18-9-4-3-5-10-18)23(31)27-19-11-8-14-29(16-21(19)30)35(33,34)22-12-6-7-13-25-22/h3-7,9-10,12-13,17,19-21,30H,8,11,14-16H2,1-2H3,(H,27,31)(H2,26,28,32)/t19?,20-,21?/m0/s1. The molecular weight excluding hydrogens is 470 g/mol. The number of pyridine rings is 1. The quantitative estimate of drug-likeness (QED) is 0.434. The summed E-state index contributed by atoms with van der Waals surface area (Å²) in [6.45, 7) is 3.92. The largest absolute Gasteiger partial charge is 0.390 e. The number of anilines is 1. The van der Waals surface area contributed by atoms with Gasteiger partial charge in [0.05, 0.1) is 12.1 Å². The van der Waals surface area contributed by atoms with E-state index in [0.29, 0.717) is 24.9 Å². The lowest BCUT2D eigenvalue weighted by molar-refractivity contribution is -0.124. The van der Waals surface area contributed by atoms with Gasteiger partial charge in [0, 0.05) is 25.0 Å². The van der Waals surface area contributed by atoms with Crippen molar-refractivity contribution in [3.8, 4) is 0 Å². The maximum atomic E-state index is 13.1. The second-order valence-electron chi connectivity index (χ2n) is 9.00. The minimum absolute atomic E-state index is 0.0830. The van der Waals surface area contributed by atoms with Gasteiger partial charge in [-0.2, -0.15) is 4.31 Å². The summed E-state index contributed by atoms with van der Waals surface area (Å²) >= 11 is 0. The van der Waals surface area contributed by atoms with Crippen molar-refractivity contribution in [1.29, 1.82) is 0 Å². The first kappa shape index (κ1) is 26.6. The first-order chi connectivity index (χ1) is 16.7. The highest BCUT2D eigenvalue weighted by Crippen LogP contribution is 2.20. The third-order valence-electron chi connectivity index (χ3n) is 5.71. The predicted octanol–water partition coefficient (Wildman–Crippen LogP) is 1.95. The number of urea groups is 1. The molecule has 1 aliphatic rings. The summed E-state index contributed by atoms with van der Waals surface area (Å²) in [5, 5.41) is 18.9. The summed E-state index contributed by atoms with van der Waals surface area (Å²) in [6.07, 6.45) is 1.53. The van der Waals surface area contributed by atoms with Crippen LogP contribution in [-0.2, 0) is 14.8 Å². The second-order valence-corrected chi connectivity index (χ2v) is 10.9. The van der Waals surface area contributed by atoms with Gasteiger partial charge in [-0.15, -0.1) is 0 Å². The van der Waals surface area contributed by atoms with Crippen LogP contribution >= 0.6 is 0 Å². The Balaban J connectivity index is 1.64. The topological polar surface area (TPSA) is 141 Å². The monoisotopic (exact) mass is 503 g/mol. The lowest BCUT2D eigenvalue weighted by atomic mass is 10.0. The fourth-order valence-electron chi connectivity index (χ4n) is 3.96. The second kappa shape index (κ2) is 12.1. The van der Waals surface area contributed by atoms with Gasteiger partial charge in [0.1, 0.15) is 6.04 Å². The molecule has 1 fully saturated rings. The van der Waals surface area contributed by atoms with Crippen LogP contribution in [-0.4, -0.2) is 66.0 Å². The van der Waals surface area contributed by atoms with Crippen molar-refractivity contribution < 1.29 is 23.1 Å². The molecule has 1 saturated heterocycles. The van der Waals surface area contributed by atoms with Gasteiger partial charge >= 0.3 is 6.03 Å². The average molecular weight is 504 g/mol. The number of carbonyl (C=O) groups is 2. The van der Waals surface area contributed by atoms with Gasteiger partial charge in [0.25, 0.3) is 10.0 Å². The van der Waals surface area contributed by atoms with Crippen molar-refractivity contribution in [2.24, 2.45) is 5.92 Å². The van der Waals surface area contributed by atoms with Crippen molar-refractivity contribution in [3.05, 3.63) is 54.7 Å². The maximum Gasteiger partial charge on any atom is 0.319 e. The summed E-state index contributed by atoms with van der Waals surface area (Å²) < 4.78 is 27.0. The van der Waals surface area contributed by atoms with E-state index < -0.39 is 40.1 Å². The van der Waals surface area contributed by atoms with Crippen molar-refractivity contribution in [2.45, 2.75) is 56.3 Å². The summed E-state index contributed by atoms with van der Waals surface area (Å²) in [6, 6.07) is 11.5. The Labute approximate surface area is 206 Å². The molecule has 0 bridgehead atoms. The molecule has 2 heterocycles. The molecule has 1 aromatic heterocycles. The first-order valence-electron chi connectivity index (χ1n) is 11.7. The van der Waals surface area contributed by atoms with E-state index in [0.717, 1.165) is 0 Å². The van der Waals surface area contributed by atoms with Crippen LogP contribution in [0.1, 0.15) is 33.1 Å². The van der Waals surface area contributed by atoms with E-state index in [-0.39, 0.29) is 24.0 Å². The highest BCUT2D eigenvalue weighted by molar-refractivity contribution is 7.89. The third kappa shape index (κ3) is 7.48. The zero-order valence-electron chi connectivity index (χ0n) is 19.9. The maximum absolute atomic E-state index is 13.1. The van der Waals surface area contributed by atoms with Crippen LogP contribution in [0.2, 0.25) is 0 Å². The lowest BCUT2D eigenvalue weighted by Gasteiger charge is -2.27. The summed E-state index contributed by atoms with van der Waals surface area (Å²) in [7, 11) is -3.86. The molecule has 11 heteroatoms. The van der Waals surface area contributed by atoms with Gasteiger partial charge in [-0.05, 0) is 49.4 Å². The number of aliphatic hydroxyl groups is 1. The molecule has 4 N–H and O–H groups in total. The Kier molecular flexibility index (Phi) is 9.19. The van der Waals surface area contributed by atoms with E-state index >= 15 is 0 Å². The highest BCUT2D eigenvalue weighted by Gasteiger charge is 2.35. The number of aromatic nitrogens is 1. The van der Waals surface area contributed by atoms with E-state index in [4.69, 9.17) is 0 Å². The summed E-state index contributed by atoms with van der Waals surface area (Å²) in [5.74, 6) is -0.298. The molecule has 3 rings (SSSR count). The molecule has 1 aliphatic heterocycles. The van der Waals surface area contributed by atoms with Crippen LogP contribution in [0.25, 0.3) is 0 Å². The van der Waals surface area contributed by atoms with Gasteiger partial charge in [0.15, 0.2) is 5.03 Å². The van der Waals surface area contributed by atoms with Crippen molar-refractivity contribution >= 4 is 27.6 Å². The fraction of sp³-hybridized carbons (Fsp3) is 0.458. The van der Waals surface area contributed by atoms with Crippen molar-refractivity contribution in [2.75, 3.05) is 18.4 Å². The number of hydrogen-bond donors (Lipinski definition) is 4. The van der Waals surface area contributed by atoms with Gasteiger partial charge in [-0.1, -0.05) is 38.1 Å². The van der Waals surface area contributed by atoms with E-state index in [1.54, 1.807) is 36.4 Å². The molecular formula is C24H33N5O5S. The smallest absolute Gasteiger partial charge is 0.319 e. The molecule has 0 radical (unpaired) electrons. The first-order valence-corrected chi connectivity index (χ1v) is 13.1. The number of nitrogens with one attached hydrogen (secondary N) is 3. The van der Waals surface area contributed by atoms with Crippen LogP contribution in [0.15, 0.2) is 59.8 Å². The normalized spacial score (nSPS) is 20.0. The number of carbonyl (C=O) groups excluding carboxylic acids is 2. The van der Waals surface area contributed by atoms with E-state index in [1.165, 1.54) is 16.6 Å². The Bertz CT molecular complexity index is 1080. The SMILES string of the molecule is CC(C)C[C@H](NC(=O)Nc1ccccc1)C(=O)NC1CCCN(S(=O)(=O)c2ccccn2)CC1O. The highest BCUT2D eigenvalue weighted by atomic mass is 32.2. The van der Waals surface area contributed by atoms with E-state index in [9.17, 15) is 23.1 Å². The van der Waals surface area contributed by atoms with Gasteiger partial charge < -0.3 is 21.1 Å². The Hall–Kier alpha value is -3.02. The Morgan fingerprint density at radius 2 is 1.86 bits per heavy atom. The van der Waals surface area contributed by atoms with E-state index in [2.05, 4.69) is 20.9 Å². The number of sulfonamides is 1. The molecule has 3 atom stereocenters. The van der Waals surface area contributed by atoms with Crippen LogP contribution in [0.5, 0.6) is 0 Å². The molecule has 10 nitrogen and oxygen atoms in total. The summed E-state index contributed by atoms with van der Waals surface area (Å²) in [5.41, 5.74) is 0.599. The van der Waals surface area contributed by atoms with Crippen molar-refractivity contribution in [3.63, 3.8) is 0 Å². The van der Waals surface area contributed by atoms with Crippen LogP contribution < -0.4 is 16.0 Å². The molecule has 2 unspecified atom stereocenters. The number of para-hydroxylation sites is 1. The molecule has 2 aromatic rings. The van der Waals surface area contributed by atoms with Crippen LogP contribution in [0, 0.1) is 5.92 Å². The van der Waals surface area contributed by atoms with Crippen molar-refractivity contribution in [1.82, 2.24) is 19.9 Å². The Morgan fingerprint density at radius 3 is 2.51 bits per heavy atom. The van der Waals surface area contributed by atoms with Gasteiger partial charge in [-0.25, -0.2) is 18.2 Å². The van der Waals surface area contributed by atoms with Crippen LogP contribution in [0.4, 0.5) is 10.5 Å². The van der Waals surface area contributed by atoms with Gasteiger partial charge in [-0.3, -0.25) is 4.79 Å². The molecule has 35 heavy (non-hydrogen) atoms. The number of hydrogen-bond acceptors (Lipinski definition) is 6. The number of nitrogens with zero attached hydrogens (tertiary/aromatic N) is 2. The number of rotatable bonds is 8. The van der Waals surface area contributed by atoms with Gasteiger partial charge in [0.2, 0.25) is 5.91 Å². The predicted molar refractivity (Wildman–Crippen MR) is 132 cm³/mol. The van der Waals surface area contributed by atoms with E-state index in [1.807, 2.05) is 19.9 Å². The lowest BCUT2D eigenvalue weighted by Crippen LogP contribution is -2.54. The molecule has 0 spiro atoms. The molecule has 3 amide bonds.